The number of benzene rings is 2. The molecule has 4 heteroatoms. The molecule has 3 nitrogen and oxygen atoms in total. The molecule has 2 aromatic carbocycles. The third-order valence-electron chi connectivity index (χ3n) is 5.58. The van der Waals surface area contributed by atoms with Crippen LogP contribution in [-0.2, 0) is 10.2 Å². The van der Waals surface area contributed by atoms with E-state index >= 15 is 0 Å². The van der Waals surface area contributed by atoms with E-state index in [-0.39, 0.29) is 22.6 Å². The van der Waals surface area contributed by atoms with Crippen molar-refractivity contribution in [3.05, 3.63) is 64.7 Å². The number of hydrogen-bond donors (Lipinski definition) is 0. The average molecular weight is 379 g/mol. The van der Waals surface area contributed by atoms with Crippen LogP contribution in [0.2, 0.25) is 0 Å². The lowest BCUT2D eigenvalue weighted by Gasteiger charge is -2.51. The van der Waals surface area contributed by atoms with E-state index in [0.29, 0.717) is 0 Å². The molecule has 0 saturated heterocycles. The van der Waals surface area contributed by atoms with Crippen LogP contribution in [0, 0.1) is 24.5 Å². The van der Waals surface area contributed by atoms with Crippen molar-refractivity contribution in [1.29, 1.82) is 5.26 Å². The number of thiocyanates is 1. The first-order valence-corrected chi connectivity index (χ1v) is 10.2. The van der Waals surface area contributed by atoms with E-state index in [9.17, 15) is 4.79 Å². The summed E-state index contributed by atoms with van der Waals surface area (Å²) in [6.07, 6.45) is 0.822. The molecule has 2 aromatic rings. The molecule has 0 bridgehead atoms. The predicted molar refractivity (Wildman–Crippen MR) is 113 cm³/mol. The van der Waals surface area contributed by atoms with E-state index in [0.717, 1.165) is 23.9 Å². The number of thioether (sulfide) groups is 1. The predicted octanol–water partition coefficient (Wildman–Crippen LogP) is 5.34. The third-order valence-corrected chi connectivity index (χ3v) is 6.10. The second-order valence-corrected chi connectivity index (χ2v) is 9.08. The molecule has 3 rings (SSSR count). The Kier molecular flexibility index (Phi) is 5.10. The van der Waals surface area contributed by atoms with Gasteiger partial charge in [-0.3, -0.25) is 4.79 Å². The normalized spacial score (nSPS) is 20.7. The first-order valence-electron chi connectivity index (χ1n) is 9.21. The molecule has 1 heterocycles. The second-order valence-electron chi connectivity index (χ2n) is 8.32. The minimum absolute atomic E-state index is 0.0115. The molecule has 0 unspecified atom stereocenters. The monoisotopic (exact) mass is 378 g/mol. The molecule has 0 aliphatic carbocycles. The molecule has 1 atom stereocenters. The van der Waals surface area contributed by atoms with Crippen molar-refractivity contribution in [1.82, 2.24) is 0 Å². The van der Waals surface area contributed by atoms with Crippen LogP contribution in [0.25, 0.3) is 0 Å². The van der Waals surface area contributed by atoms with Gasteiger partial charge >= 0.3 is 0 Å². The largest absolute Gasteiger partial charge is 0.306 e. The van der Waals surface area contributed by atoms with Gasteiger partial charge < -0.3 is 4.90 Å². The summed E-state index contributed by atoms with van der Waals surface area (Å²) in [5.74, 6) is 0.164. The molecule has 0 N–H and O–H groups in total. The van der Waals surface area contributed by atoms with Crippen molar-refractivity contribution >= 4 is 23.4 Å². The number of rotatable bonds is 3. The SMILES string of the molecule is Cc1ccc([C@@]2(C)CC(C)(C)N(C(=O)CSC#N)c3ccc(C)cc32)cc1. The molecular formula is C23H26N2OS. The van der Waals surface area contributed by atoms with Crippen molar-refractivity contribution in [2.75, 3.05) is 10.7 Å². The summed E-state index contributed by atoms with van der Waals surface area (Å²) in [5.41, 5.74) is 5.31. The number of nitrogens with zero attached hydrogens (tertiary/aromatic N) is 2. The Morgan fingerprint density at radius 1 is 1.11 bits per heavy atom. The zero-order valence-electron chi connectivity index (χ0n) is 16.7. The summed E-state index contributed by atoms with van der Waals surface area (Å²) in [4.78, 5) is 14.9. The maximum atomic E-state index is 13.0. The topological polar surface area (TPSA) is 44.1 Å². The van der Waals surface area contributed by atoms with Gasteiger partial charge in [-0.15, -0.1) is 0 Å². The van der Waals surface area contributed by atoms with Gasteiger partial charge in [0.05, 0.1) is 5.75 Å². The number of amides is 1. The molecule has 27 heavy (non-hydrogen) atoms. The minimum atomic E-state index is -0.352. The highest BCUT2D eigenvalue weighted by atomic mass is 32.2. The van der Waals surface area contributed by atoms with Gasteiger partial charge in [0.25, 0.3) is 0 Å². The van der Waals surface area contributed by atoms with Crippen molar-refractivity contribution in [2.24, 2.45) is 0 Å². The number of hydrogen-bond acceptors (Lipinski definition) is 3. The standard InChI is InChI=1S/C23H26N2OS/c1-16-6-9-18(10-7-16)23(5)14-22(3,4)25(21(26)13-27-15-24)20-11-8-17(2)12-19(20)23/h6-12H,13-14H2,1-5H3/t23-/m1/s1. The fourth-order valence-electron chi connectivity index (χ4n) is 4.46. The molecule has 1 aliphatic rings. The molecule has 1 aliphatic heterocycles. The highest BCUT2D eigenvalue weighted by molar-refractivity contribution is 8.04. The zero-order valence-corrected chi connectivity index (χ0v) is 17.5. The number of aryl methyl sites for hydroxylation is 2. The van der Waals surface area contributed by atoms with Crippen LogP contribution in [-0.4, -0.2) is 17.2 Å². The lowest BCUT2D eigenvalue weighted by Crippen LogP contribution is -2.56. The maximum Gasteiger partial charge on any atom is 0.238 e. The minimum Gasteiger partial charge on any atom is -0.306 e. The fourth-order valence-corrected chi connectivity index (χ4v) is 4.78. The summed E-state index contributed by atoms with van der Waals surface area (Å²) in [6.45, 7) is 10.7. The van der Waals surface area contributed by atoms with Gasteiger partial charge in [0.15, 0.2) is 0 Å². The van der Waals surface area contributed by atoms with E-state index in [2.05, 4.69) is 77.1 Å². The van der Waals surface area contributed by atoms with E-state index in [4.69, 9.17) is 5.26 Å². The molecule has 1 amide bonds. The van der Waals surface area contributed by atoms with Crippen LogP contribution < -0.4 is 4.90 Å². The van der Waals surface area contributed by atoms with Crippen LogP contribution >= 0.6 is 11.8 Å². The summed E-state index contributed by atoms with van der Waals surface area (Å²) in [5, 5.41) is 10.9. The van der Waals surface area contributed by atoms with Crippen molar-refractivity contribution in [3.8, 4) is 5.40 Å². The lowest BCUT2D eigenvalue weighted by atomic mass is 9.65. The van der Waals surface area contributed by atoms with Gasteiger partial charge in [0.2, 0.25) is 5.91 Å². The molecule has 140 valence electrons. The van der Waals surface area contributed by atoms with E-state index in [1.165, 1.54) is 22.3 Å². The summed E-state index contributed by atoms with van der Waals surface area (Å²) in [6, 6.07) is 15.1. The molecular weight excluding hydrogens is 352 g/mol. The lowest BCUT2D eigenvalue weighted by molar-refractivity contribution is -0.117. The summed E-state index contributed by atoms with van der Waals surface area (Å²) in [7, 11) is 0. The van der Waals surface area contributed by atoms with Crippen molar-refractivity contribution < 1.29 is 4.79 Å². The highest BCUT2D eigenvalue weighted by Gasteiger charge is 2.47. The summed E-state index contributed by atoms with van der Waals surface area (Å²) >= 11 is 1.00. The van der Waals surface area contributed by atoms with Crippen LogP contribution in [0.3, 0.4) is 0 Å². The number of carbonyl (C=O) groups excluding carboxylic acids is 1. The smallest absolute Gasteiger partial charge is 0.238 e. The Balaban J connectivity index is 2.19. The molecule has 0 fully saturated rings. The number of fused-ring (bicyclic) bond motifs is 1. The van der Waals surface area contributed by atoms with Crippen LogP contribution in [0.4, 0.5) is 5.69 Å². The van der Waals surface area contributed by atoms with E-state index in [1.54, 1.807) is 0 Å². The Hall–Kier alpha value is -2.25. The molecule has 0 saturated carbocycles. The number of nitriles is 1. The average Bonchev–Trinajstić information content (AvgIpc) is 2.60. The Labute approximate surface area is 166 Å². The van der Waals surface area contributed by atoms with E-state index in [1.807, 2.05) is 10.3 Å². The molecule has 0 radical (unpaired) electrons. The Morgan fingerprint density at radius 3 is 2.37 bits per heavy atom. The van der Waals surface area contributed by atoms with Gasteiger partial charge in [-0.1, -0.05) is 54.4 Å². The van der Waals surface area contributed by atoms with Gasteiger partial charge in [-0.2, -0.15) is 5.26 Å². The van der Waals surface area contributed by atoms with Crippen LogP contribution in [0.15, 0.2) is 42.5 Å². The van der Waals surface area contributed by atoms with Gasteiger partial charge in [0.1, 0.15) is 5.40 Å². The third kappa shape index (κ3) is 3.49. The van der Waals surface area contributed by atoms with Crippen molar-refractivity contribution in [3.63, 3.8) is 0 Å². The number of anilines is 1. The highest BCUT2D eigenvalue weighted by Crippen LogP contribution is 2.50. The molecule has 0 aromatic heterocycles. The number of carbonyl (C=O) groups is 1. The summed E-state index contributed by atoms with van der Waals surface area (Å²) < 4.78 is 0. The van der Waals surface area contributed by atoms with Gasteiger partial charge in [-0.05, 0) is 63.1 Å². The first kappa shape index (κ1) is 19.5. The van der Waals surface area contributed by atoms with Crippen LogP contribution in [0.1, 0.15) is 49.4 Å². The van der Waals surface area contributed by atoms with Gasteiger partial charge in [-0.25, -0.2) is 0 Å². The Morgan fingerprint density at radius 2 is 1.74 bits per heavy atom. The van der Waals surface area contributed by atoms with E-state index < -0.39 is 0 Å². The Bertz CT molecular complexity index is 911. The fraction of sp³-hybridized carbons (Fsp3) is 0.391. The zero-order chi connectivity index (χ0) is 19.8. The van der Waals surface area contributed by atoms with Gasteiger partial charge in [0, 0.05) is 16.6 Å². The van der Waals surface area contributed by atoms with Crippen molar-refractivity contribution in [2.45, 2.75) is 52.0 Å². The maximum absolute atomic E-state index is 13.0. The quantitative estimate of drug-likeness (QED) is 0.677. The molecule has 0 spiro atoms. The van der Waals surface area contributed by atoms with Crippen LogP contribution in [0.5, 0.6) is 0 Å². The second kappa shape index (κ2) is 7.05. The first-order chi connectivity index (χ1) is 12.7.